The second kappa shape index (κ2) is 39.0. The van der Waals surface area contributed by atoms with Gasteiger partial charge in [-0.15, -0.1) is 11.8 Å². The maximum absolute atomic E-state index is 14.2. The fourth-order valence-corrected chi connectivity index (χ4v) is 11.9. The van der Waals surface area contributed by atoms with Gasteiger partial charge in [0.05, 0.1) is 39.6 Å². The summed E-state index contributed by atoms with van der Waals surface area (Å²) in [6.45, 7) is 13.2. The molecule has 4 saturated heterocycles. The third kappa shape index (κ3) is 24.8. The summed E-state index contributed by atoms with van der Waals surface area (Å²) in [6, 6.07) is 24.3. The number of piperidine rings is 1. The van der Waals surface area contributed by atoms with Gasteiger partial charge in [0.1, 0.15) is 35.9 Å². The second-order valence-corrected chi connectivity index (χ2v) is 23.6. The first-order chi connectivity index (χ1) is 42.0. The van der Waals surface area contributed by atoms with E-state index in [1.54, 1.807) is 43.0 Å². The number of piperazine rings is 1. The number of hydrogen-bond acceptors (Lipinski definition) is 19. The number of urea groups is 1. The molecule has 0 saturated carbocycles. The van der Waals surface area contributed by atoms with Crippen LogP contribution in [0.2, 0.25) is 0 Å². The summed E-state index contributed by atoms with van der Waals surface area (Å²) in [4.78, 5) is 61.9. The van der Waals surface area contributed by atoms with Crippen LogP contribution in [0.4, 0.5) is 10.5 Å². The molecule has 24 heteroatoms. The van der Waals surface area contributed by atoms with Gasteiger partial charge >= 0.3 is 6.03 Å². The number of methoxy groups -OCH3 is 2. The Labute approximate surface area is 514 Å². The Bertz CT molecular complexity index is 2400. The van der Waals surface area contributed by atoms with E-state index in [1.807, 2.05) is 71.6 Å². The van der Waals surface area contributed by atoms with Gasteiger partial charge in [0.2, 0.25) is 17.7 Å². The van der Waals surface area contributed by atoms with Crippen LogP contribution >= 0.6 is 11.8 Å². The van der Waals surface area contributed by atoms with Crippen molar-refractivity contribution in [3.8, 4) is 11.5 Å². The van der Waals surface area contributed by atoms with Crippen molar-refractivity contribution in [1.29, 1.82) is 0 Å². The molecule has 478 valence electrons. The van der Waals surface area contributed by atoms with Gasteiger partial charge in [-0.3, -0.25) is 25.0 Å². The highest BCUT2D eigenvalue weighted by Crippen LogP contribution is 2.27. The number of carbonyl (C=O) groups is 4. The molecule has 86 heavy (non-hydrogen) atoms. The average molecular weight is 1220 g/mol. The van der Waals surface area contributed by atoms with Crippen molar-refractivity contribution in [2.75, 3.05) is 164 Å². The third-order valence-electron chi connectivity index (χ3n) is 15.8. The van der Waals surface area contributed by atoms with Crippen LogP contribution < -0.4 is 47.0 Å². The molecular weight excluding hydrogens is 1120 g/mol. The topological polar surface area (TPSA) is 233 Å². The number of amides is 5. The Morgan fingerprint density at radius 1 is 0.756 bits per heavy atom. The molecule has 4 aliphatic heterocycles. The zero-order chi connectivity index (χ0) is 60.6. The molecule has 23 nitrogen and oxygen atoms in total. The summed E-state index contributed by atoms with van der Waals surface area (Å²) in [7, 11) is 7.48. The largest absolute Gasteiger partial charge is 0.494 e. The van der Waals surface area contributed by atoms with E-state index in [0.717, 1.165) is 114 Å². The minimum atomic E-state index is -0.694. The zero-order valence-electron chi connectivity index (χ0n) is 51.3. The minimum Gasteiger partial charge on any atom is -0.494 e. The number of nitrogens with one attached hydrogen (secondary N) is 7. The maximum atomic E-state index is 14.2. The Kier molecular flexibility index (Phi) is 30.9. The summed E-state index contributed by atoms with van der Waals surface area (Å²) >= 11 is 1.59. The number of aryl methyl sites for hydroxylation is 1. The zero-order valence-corrected chi connectivity index (χ0v) is 52.1. The number of rotatable bonds is 39. The van der Waals surface area contributed by atoms with Gasteiger partial charge in [-0.2, -0.15) is 5.53 Å². The lowest BCUT2D eigenvalue weighted by atomic mass is 9.87. The first kappa shape index (κ1) is 68.3. The van der Waals surface area contributed by atoms with Crippen molar-refractivity contribution >= 4 is 41.2 Å². The lowest BCUT2D eigenvalue weighted by Crippen LogP contribution is -2.59. The molecule has 7 N–H and O–H groups in total. The Balaban J connectivity index is 0.653. The predicted octanol–water partition coefficient (Wildman–Crippen LogP) is 3.72. The molecule has 3 aromatic rings. The Morgan fingerprint density at radius 2 is 1.49 bits per heavy atom. The smallest absolute Gasteiger partial charge is 0.321 e. The van der Waals surface area contributed by atoms with Crippen LogP contribution in [-0.4, -0.2) is 237 Å². The fourth-order valence-electron chi connectivity index (χ4n) is 10.8. The second-order valence-electron chi connectivity index (χ2n) is 22.5. The molecule has 0 spiro atoms. The third-order valence-corrected chi connectivity index (χ3v) is 17.0. The Hall–Kier alpha value is -5.19. The number of hydrogen-bond donors (Lipinski definition) is 7. The normalized spacial score (nSPS) is 20.4. The number of benzene rings is 3. The van der Waals surface area contributed by atoms with Gasteiger partial charge in [-0.1, -0.05) is 42.5 Å². The highest BCUT2D eigenvalue weighted by Gasteiger charge is 2.41. The first-order valence-electron chi connectivity index (χ1n) is 30.9. The lowest BCUT2D eigenvalue weighted by Gasteiger charge is -2.41. The number of ether oxygens (including phenoxy) is 7. The summed E-state index contributed by atoms with van der Waals surface area (Å²) in [5.74, 6) is 1.97. The molecular formula is C62H98N12O11S. The number of anilines is 1. The number of likely N-dealkylation sites (N-methyl/N-ethyl adjacent to an activating group) is 2. The monoisotopic (exact) mass is 1220 g/mol. The molecule has 0 aliphatic carbocycles. The van der Waals surface area contributed by atoms with Crippen LogP contribution in [0, 0.1) is 5.92 Å². The van der Waals surface area contributed by atoms with Crippen LogP contribution in [0.3, 0.4) is 0 Å². The van der Waals surface area contributed by atoms with Crippen molar-refractivity contribution < 1.29 is 52.3 Å². The van der Waals surface area contributed by atoms with Gasteiger partial charge in [-0.25, -0.2) is 15.2 Å². The summed E-state index contributed by atoms with van der Waals surface area (Å²) in [6.07, 6.45) is 5.98. The van der Waals surface area contributed by atoms with E-state index >= 15 is 0 Å². The van der Waals surface area contributed by atoms with Gasteiger partial charge in [0.15, 0.2) is 0 Å². The molecule has 0 radical (unpaired) electrons. The molecule has 5 amide bonds. The van der Waals surface area contributed by atoms with Crippen molar-refractivity contribution in [1.82, 2.24) is 56.8 Å². The van der Waals surface area contributed by atoms with Gasteiger partial charge in [0.25, 0.3) is 0 Å². The molecule has 6 atom stereocenters. The minimum absolute atomic E-state index is 0.0274. The van der Waals surface area contributed by atoms with E-state index in [0.29, 0.717) is 103 Å². The number of thioether (sulfide) groups is 1. The molecule has 4 fully saturated rings. The van der Waals surface area contributed by atoms with E-state index in [9.17, 15) is 19.2 Å². The molecule has 3 aromatic carbocycles. The van der Waals surface area contributed by atoms with E-state index < -0.39 is 6.04 Å². The van der Waals surface area contributed by atoms with Crippen LogP contribution in [0.15, 0.2) is 78.9 Å². The summed E-state index contributed by atoms with van der Waals surface area (Å²) in [5, 5.41) is 17.8. The van der Waals surface area contributed by atoms with Gasteiger partial charge in [0, 0.05) is 129 Å². The standard InChI is InChI=1S/C62H98N12O11S/c1-70(27-8-9-36-84-53-20-15-48(16-21-53)17-24-56(75)74(28-11-35-79-3)58(55-14-10-26-63-60(55)80-4)59(77)64-45-49-12-6-5-7-13-49)33-38-82-41-40-81-37-25-51-46-73(69-68-51)34-39-83-42-43-85-54-22-18-50(19-23-54)65-61(78)67-62-66-52(47-86-62)44-57(76)72-31-29-71(2)30-32-72/h5-7,12-13,15-16,18-23,51-52,55,58,60,62-63,66,68-69H,8-11,14,17,24-47H2,1-4H3,(H,64,77)(H2,65,67,78). The average Bonchev–Trinajstić information content (AvgIpc) is 2.54. The molecule has 6 unspecified atom stereocenters. The summed E-state index contributed by atoms with van der Waals surface area (Å²) in [5.41, 5.74) is 8.97. The Morgan fingerprint density at radius 3 is 2.26 bits per heavy atom. The highest BCUT2D eigenvalue weighted by atomic mass is 32.2. The maximum Gasteiger partial charge on any atom is 0.321 e. The van der Waals surface area contributed by atoms with E-state index in [-0.39, 0.29) is 59.9 Å². The fraction of sp³-hybridized carbons (Fsp3) is 0.645. The molecule has 0 bridgehead atoms. The molecule has 4 heterocycles. The van der Waals surface area contributed by atoms with Crippen LogP contribution in [-0.2, 0) is 51.0 Å². The highest BCUT2D eigenvalue weighted by molar-refractivity contribution is 8.00. The number of nitrogens with zero attached hydrogens (tertiary/aromatic N) is 5. The van der Waals surface area contributed by atoms with Crippen LogP contribution in [0.5, 0.6) is 11.5 Å². The predicted molar refractivity (Wildman–Crippen MR) is 333 cm³/mol. The number of hydrazine groups is 2. The van der Waals surface area contributed by atoms with E-state index in [1.165, 1.54) is 0 Å². The molecule has 7 rings (SSSR count). The van der Waals surface area contributed by atoms with Crippen molar-refractivity contribution in [3.63, 3.8) is 0 Å². The van der Waals surface area contributed by atoms with Crippen LogP contribution in [0.1, 0.15) is 62.5 Å². The summed E-state index contributed by atoms with van der Waals surface area (Å²) < 4.78 is 40.7. The van der Waals surface area contributed by atoms with Crippen molar-refractivity contribution in [3.05, 3.63) is 90.0 Å². The quantitative estimate of drug-likeness (QED) is 0.0404. The van der Waals surface area contributed by atoms with Gasteiger partial charge < -0.3 is 68.7 Å². The first-order valence-corrected chi connectivity index (χ1v) is 32.0. The van der Waals surface area contributed by atoms with E-state index in [4.69, 9.17) is 33.2 Å². The van der Waals surface area contributed by atoms with Crippen molar-refractivity contribution in [2.45, 2.75) is 94.2 Å². The van der Waals surface area contributed by atoms with Crippen molar-refractivity contribution in [2.24, 2.45) is 5.92 Å². The SMILES string of the molecule is COCCCN(C(=O)CCc1ccc(OCCCCN(C)CCOCCOCCC2CN(CCOCCOc3ccc(NC(=O)NC4NC(CC(=O)N5CCN(C)CC5)CS4)cc3)NN2)cc1)C(C(=O)NCc1ccccc1)C1CCCNC1OC. The number of carbonyl (C=O) groups excluding carboxylic acids is 4. The van der Waals surface area contributed by atoms with E-state index in [2.05, 4.69) is 66.4 Å². The van der Waals surface area contributed by atoms with Gasteiger partial charge in [-0.05, 0) is 120 Å². The van der Waals surface area contributed by atoms with Crippen LogP contribution in [0.25, 0.3) is 0 Å². The molecule has 4 aliphatic rings. The number of unbranched alkanes of at least 4 members (excludes halogenated alkanes) is 1. The molecule has 0 aromatic heterocycles. The lowest BCUT2D eigenvalue weighted by molar-refractivity contribution is -0.147.